The highest BCUT2D eigenvalue weighted by Gasteiger charge is 2.25. The number of unbranched alkanes of at least 4 members (excludes halogenated alkanes) is 1. The average molecular weight is 458 g/mol. The molecule has 33 heavy (non-hydrogen) atoms. The molecule has 7 heteroatoms. The summed E-state index contributed by atoms with van der Waals surface area (Å²) in [6.45, 7) is 5.98. The minimum Gasteiger partial charge on any atom is -0.494 e. The summed E-state index contributed by atoms with van der Waals surface area (Å²) in [6.07, 6.45) is 4.00. The Morgan fingerprint density at radius 3 is 2.67 bits per heavy atom. The van der Waals surface area contributed by atoms with Crippen LogP contribution < -0.4 is 19.9 Å². The summed E-state index contributed by atoms with van der Waals surface area (Å²) in [5, 5.41) is 3.51. The van der Waals surface area contributed by atoms with Gasteiger partial charge in [-0.25, -0.2) is 4.39 Å². The van der Waals surface area contributed by atoms with E-state index >= 15 is 0 Å². The Balaban J connectivity index is 1.58. The number of hydrogen-bond donors (Lipinski definition) is 1. The van der Waals surface area contributed by atoms with E-state index in [0.29, 0.717) is 29.6 Å². The molecule has 1 aliphatic heterocycles. The normalized spacial score (nSPS) is 15.6. The fourth-order valence-corrected chi connectivity index (χ4v) is 3.97. The topological polar surface area (TPSA) is 54.0 Å². The van der Waals surface area contributed by atoms with Crippen molar-refractivity contribution in [2.75, 3.05) is 56.8 Å². The number of halogens is 1. The Morgan fingerprint density at radius 2 is 1.97 bits per heavy atom. The smallest absolute Gasteiger partial charge is 0.258 e. The van der Waals surface area contributed by atoms with Gasteiger partial charge < -0.3 is 24.6 Å². The molecular formula is C26H36FN3O3. The lowest BCUT2D eigenvalue weighted by atomic mass is 10.1. The molecule has 1 saturated heterocycles. The molecule has 2 aromatic carbocycles. The number of nitrogens with one attached hydrogen (secondary N) is 1. The van der Waals surface area contributed by atoms with E-state index in [1.807, 2.05) is 0 Å². The van der Waals surface area contributed by atoms with Crippen LogP contribution in [0.2, 0.25) is 0 Å². The molecule has 1 N–H and O–H groups in total. The van der Waals surface area contributed by atoms with E-state index in [9.17, 15) is 9.18 Å². The third-order valence-electron chi connectivity index (χ3n) is 5.98. The molecule has 0 saturated carbocycles. The molecular weight excluding hydrogens is 421 g/mol. The van der Waals surface area contributed by atoms with Gasteiger partial charge in [-0.1, -0.05) is 13.3 Å². The lowest BCUT2D eigenvalue weighted by Gasteiger charge is -2.22. The SMILES string of the molecule is CCCCOc1ccc(C(=O)N(C)c2ccc(N3CCC(NCCCOC)C3)c(F)c2)cc1. The Bertz CT molecular complexity index is 891. The van der Waals surface area contributed by atoms with Gasteiger partial charge in [0, 0.05) is 51.1 Å². The third-order valence-corrected chi connectivity index (χ3v) is 5.98. The molecule has 180 valence electrons. The van der Waals surface area contributed by atoms with E-state index in [1.165, 1.54) is 11.0 Å². The van der Waals surface area contributed by atoms with Gasteiger partial charge in [0.15, 0.2) is 0 Å². The zero-order valence-electron chi connectivity index (χ0n) is 20.0. The maximum atomic E-state index is 15.0. The second-order valence-electron chi connectivity index (χ2n) is 8.46. The Morgan fingerprint density at radius 1 is 1.18 bits per heavy atom. The molecule has 0 spiro atoms. The van der Waals surface area contributed by atoms with Crippen LogP contribution in [0.3, 0.4) is 0 Å². The number of benzene rings is 2. The molecule has 1 atom stereocenters. The standard InChI is InChI=1S/C26H36FN3O3/c1-4-5-17-33-23-10-7-20(8-11-23)26(31)29(2)22-9-12-25(24(27)18-22)30-15-13-21(19-30)28-14-6-16-32-3/h7-12,18,21,28H,4-6,13-17,19H2,1-3H3. The van der Waals surface area contributed by atoms with Crippen molar-refractivity contribution >= 4 is 17.3 Å². The van der Waals surface area contributed by atoms with Gasteiger partial charge in [-0.3, -0.25) is 4.79 Å². The Kier molecular flexibility index (Phi) is 9.51. The molecule has 3 rings (SSSR count). The summed E-state index contributed by atoms with van der Waals surface area (Å²) in [4.78, 5) is 16.4. The van der Waals surface area contributed by atoms with E-state index in [1.54, 1.807) is 50.6 Å². The second-order valence-corrected chi connectivity index (χ2v) is 8.46. The Labute approximate surface area is 196 Å². The van der Waals surface area contributed by atoms with Crippen molar-refractivity contribution in [3.63, 3.8) is 0 Å². The average Bonchev–Trinajstić information content (AvgIpc) is 3.30. The first-order valence-corrected chi connectivity index (χ1v) is 11.8. The minimum atomic E-state index is -0.313. The largest absolute Gasteiger partial charge is 0.494 e. The zero-order chi connectivity index (χ0) is 23.6. The number of hydrogen-bond acceptors (Lipinski definition) is 5. The summed E-state index contributed by atoms with van der Waals surface area (Å²) in [5.41, 5.74) is 1.64. The minimum absolute atomic E-state index is 0.191. The number of carbonyl (C=O) groups is 1. The number of anilines is 2. The first kappa shape index (κ1) is 25.0. The zero-order valence-corrected chi connectivity index (χ0v) is 20.0. The van der Waals surface area contributed by atoms with Crippen LogP contribution in [0.5, 0.6) is 5.75 Å². The molecule has 2 aromatic rings. The van der Waals surface area contributed by atoms with E-state index in [4.69, 9.17) is 9.47 Å². The number of amides is 1. The fourth-order valence-electron chi connectivity index (χ4n) is 3.97. The van der Waals surface area contributed by atoms with Gasteiger partial charge in [0.2, 0.25) is 0 Å². The van der Waals surface area contributed by atoms with Crippen LogP contribution in [-0.2, 0) is 4.74 Å². The van der Waals surface area contributed by atoms with Crippen LogP contribution in [0, 0.1) is 5.82 Å². The Hall–Kier alpha value is -2.64. The second kappa shape index (κ2) is 12.6. The lowest BCUT2D eigenvalue weighted by molar-refractivity contribution is 0.0993. The van der Waals surface area contributed by atoms with Crippen molar-refractivity contribution in [2.45, 2.75) is 38.6 Å². The van der Waals surface area contributed by atoms with Crippen molar-refractivity contribution in [2.24, 2.45) is 0 Å². The fraction of sp³-hybridized carbons (Fsp3) is 0.500. The first-order chi connectivity index (χ1) is 16.0. The van der Waals surface area contributed by atoms with Crippen molar-refractivity contribution in [3.05, 3.63) is 53.8 Å². The highest BCUT2D eigenvalue weighted by Crippen LogP contribution is 2.28. The highest BCUT2D eigenvalue weighted by atomic mass is 19.1. The quantitative estimate of drug-likeness (QED) is 0.476. The van der Waals surface area contributed by atoms with Gasteiger partial charge in [-0.05, 0) is 68.3 Å². The molecule has 0 aliphatic carbocycles. The van der Waals surface area contributed by atoms with Crippen LogP contribution >= 0.6 is 0 Å². The number of ether oxygens (including phenoxy) is 2. The number of nitrogens with zero attached hydrogens (tertiary/aromatic N) is 2. The molecule has 1 aliphatic rings. The summed E-state index contributed by atoms with van der Waals surface area (Å²) in [5.74, 6) is 0.241. The van der Waals surface area contributed by atoms with Gasteiger partial charge in [0.1, 0.15) is 11.6 Å². The van der Waals surface area contributed by atoms with Crippen LogP contribution in [0.4, 0.5) is 15.8 Å². The maximum Gasteiger partial charge on any atom is 0.258 e. The van der Waals surface area contributed by atoms with E-state index < -0.39 is 0 Å². The van der Waals surface area contributed by atoms with Crippen LogP contribution in [0.15, 0.2) is 42.5 Å². The number of carbonyl (C=O) groups excluding carboxylic acids is 1. The van der Waals surface area contributed by atoms with E-state index in [2.05, 4.69) is 17.1 Å². The van der Waals surface area contributed by atoms with Crippen LogP contribution in [-0.4, -0.2) is 59.0 Å². The van der Waals surface area contributed by atoms with Crippen molar-refractivity contribution < 1.29 is 18.7 Å². The third kappa shape index (κ3) is 6.92. The van der Waals surface area contributed by atoms with Gasteiger partial charge in [0.25, 0.3) is 5.91 Å². The summed E-state index contributed by atoms with van der Waals surface area (Å²) < 4.78 is 25.7. The van der Waals surface area contributed by atoms with Gasteiger partial charge in [-0.15, -0.1) is 0 Å². The molecule has 1 unspecified atom stereocenters. The highest BCUT2D eigenvalue weighted by molar-refractivity contribution is 6.05. The molecule has 1 amide bonds. The molecule has 1 fully saturated rings. The molecule has 0 aromatic heterocycles. The first-order valence-electron chi connectivity index (χ1n) is 11.8. The molecule has 0 bridgehead atoms. The van der Waals surface area contributed by atoms with E-state index in [-0.39, 0.29) is 11.7 Å². The monoisotopic (exact) mass is 457 g/mol. The molecule has 0 radical (unpaired) electrons. The van der Waals surface area contributed by atoms with Crippen molar-refractivity contribution in [1.29, 1.82) is 0 Å². The van der Waals surface area contributed by atoms with Crippen LogP contribution in [0.25, 0.3) is 0 Å². The van der Waals surface area contributed by atoms with Gasteiger partial charge in [0.05, 0.1) is 12.3 Å². The van der Waals surface area contributed by atoms with Crippen molar-refractivity contribution in [3.8, 4) is 5.75 Å². The summed E-state index contributed by atoms with van der Waals surface area (Å²) in [6, 6.07) is 12.4. The number of methoxy groups -OCH3 is 1. The maximum absolute atomic E-state index is 15.0. The molecule has 1 heterocycles. The predicted octanol–water partition coefficient (Wildman–Crippen LogP) is 4.49. The predicted molar refractivity (Wildman–Crippen MR) is 131 cm³/mol. The van der Waals surface area contributed by atoms with Gasteiger partial charge >= 0.3 is 0 Å². The van der Waals surface area contributed by atoms with E-state index in [0.717, 1.165) is 57.7 Å². The number of rotatable bonds is 12. The summed E-state index contributed by atoms with van der Waals surface area (Å²) in [7, 11) is 3.37. The van der Waals surface area contributed by atoms with Crippen molar-refractivity contribution in [1.82, 2.24) is 5.32 Å². The molecule has 6 nitrogen and oxygen atoms in total. The van der Waals surface area contributed by atoms with Crippen LogP contribution in [0.1, 0.15) is 43.0 Å². The van der Waals surface area contributed by atoms with Gasteiger partial charge in [-0.2, -0.15) is 0 Å². The summed E-state index contributed by atoms with van der Waals surface area (Å²) >= 11 is 0. The lowest BCUT2D eigenvalue weighted by Crippen LogP contribution is -2.33.